The van der Waals surface area contributed by atoms with Crippen molar-refractivity contribution < 1.29 is 0 Å². The van der Waals surface area contributed by atoms with E-state index in [4.69, 9.17) is 0 Å². The van der Waals surface area contributed by atoms with E-state index in [-0.39, 0.29) is 0 Å². The number of benzene rings is 1. The lowest BCUT2D eigenvalue weighted by atomic mass is 9.96. The molecule has 1 aliphatic rings. The van der Waals surface area contributed by atoms with E-state index in [0.717, 1.165) is 5.92 Å². The zero-order valence-electron chi connectivity index (χ0n) is 12.9. The van der Waals surface area contributed by atoms with Crippen molar-refractivity contribution in [2.45, 2.75) is 31.7 Å². The van der Waals surface area contributed by atoms with Gasteiger partial charge in [0.25, 0.3) is 0 Å². The maximum atomic E-state index is 3.80. The third kappa shape index (κ3) is 3.41. The van der Waals surface area contributed by atoms with Crippen LogP contribution in [0.5, 0.6) is 0 Å². The van der Waals surface area contributed by atoms with Gasteiger partial charge in [0.15, 0.2) is 0 Å². The van der Waals surface area contributed by atoms with Crippen molar-refractivity contribution in [3.8, 4) is 0 Å². The molecule has 1 heterocycles. The van der Waals surface area contributed by atoms with Crippen LogP contribution in [-0.2, 0) is 0 Å². The standard InChI is InChI=1S/C18H24N2S/c1-20(2)16-10-5-9-15(13-16)19-18(14-7-3-4-8-14)17-11-6-12-21-17/h5-6,9-14,18-19H,3-4,7-8H2,1-2H3. The first-order chi connectivity index (χ1) is 10.2. The average Bonchev–Trinajstić information content (AvgIpc) is 3.18. The Labute approximate surface area is 131 Å². The van der Waals surface area contributed by atoms with E-state index in [9.17, 15) is 0 Å². The van der Waals surface area contributed by atoms with Crippen molar-refractivity contribution in [2.24, 2.45) is 5.92 Å². The van der Waals surface area contributed by atoms with Crippen molar-refractivity contribution in [1.82, 2.24) is 0 Å². The molecule has 1 saturated carbocycles. The van der Waals surface area contributed by atoms with Crippen LogP contribution in [0.1, 0.15) is 36.6 Å². The lowest BCUT2D eigenvalue weighted by Crippen LogP contribution is -2.18. The summed E-state index contributed by atoms with van der Waals surface area (Å²) in [4.78, 5) is 3.62. The highest BCUT2D eigenvalue weighted by atomic mass is 32.1. The van der Waals surface area contributed by atoms with Crippen molar-refractivity contribution in [3.05, 3.63) is 46.7 Å². The minimum absolute atomic E-state index is 0.463. The van der Waals surface area contributed by atoms with Crippen LogP contribution < -0.4 is 10.2 Å². The Balaban J connectivity index is 1.82. The van der Waals surface area contributed by atoms with Gasteiger partial charge in [-0.2, -0.15) is 0 Å². The minimum Gasteiger partial charge on any atom is -0.378 e. The normalized spacial score (nSPS) is 16.9. The predicted octanol–water partition coefficient (Wildman–Crippen LogP) is 5.16. The van der Waals surface area contributed by atoms with Gasteiger partial charge in [-0.15, -0.1) is 11.3 Å². The second-order valence-electron chi connectivity index (χ2n) is 6.13. The van der Waals surface area contributed by atoms with E-state index in [1.807, 2.05) is 11.3 Å². The molecule has 2 nitrogen and oxygen atoms in total. The van der Waals surface area contributed by atoms with Gasteiger partial charge < -0.3 is 10.2 Å². The molecular formula is C18H24N2S. The number of hydrogen-bond acceptors (Lipinski definition) is 3. The van der Waals surface area contributed by atoms with Gasteiger partial charge >= 0.3 is 0 Å². The molecule has 21 heavy (non-hydrogen) atoms. The molecule has 0 radical (unpaired) electrons. The van der Waals surface area contributed by atoms with E-state index in [1.54, 1.807) is 0 Å². The monoisotopic (exact) mass is 300 g/mol. The van der Waals surface area contributed by atoms with Gasteiger partial charge in [0, 0.05) is 30.3 Å². The molecule has 1 aliphatic carbocycles. The van der Waals surface area contributed by atoms with Crippen LogP contribution in [0.4, 0.5) is 11.4 Å². The van der Waals surface area contributed by atoms with Crippen molar-refractivity contribution >= 4 is 22.7 Å². The van der Waals surface area contributed by atoms with Gasteiger partial charge in [-0.05, 0) is 48.4 Å². The highest BCUT2D eigenvalue weighted by Crippen LogP contribution is 2.39. The van der Waals surface area contributed by atoms with Crippen LogP contribution in [0.3, 0.4) is 0 Å². The SMILES string of the molecule is CN(C)c1cccc(NC(c2cccs2)C2CCCC2)c1. The number of anilines is 2. The third-order valence-electron chi connectivity index (χ3n) is 4.41. The largest absolute Gasteiger partial charge is 0.378 e. The summed E-state index contributed by atoms with van der Waals surface area (Å²) in [5, 5.41) is 5.99. The smallest absolute Gasteiger partial charge is 0.0634 e. The maximum Gasteiger partial charge on any atom is 0.0634 e. The number of nitrogens with zero attached hydrogens (tertiary/aromatic N) is 1. The average molecular weight is 300 g/mol. The van der Waals surface area contributed by atoms with E-state index in [1.165, 1.54) is 41.9 Å². The van der Waals surface area contributed by atoms with E-state index in [0.29, 0.717) is 6.04 Å². The summed E-state index contributed by atoms with van der Waals surface area (Å²) >= 11 is 1.87. The van der Waals surface area contributed by atoms with Crippen LogP contribution in [0.2, 0.25) is 0 Å². The van der Waals surface area contributed by atoms with E-state index >= 15 is 0 Å². The maximum absolute atomic E-state index is 3.80. The Morgan fingerprint density at radius 3 is 2.62 bits per heavy atom. The summed E-state index contributed by atoms with van der Waals surface area (Å²) in [6, 6.07) is 13.6. The van der Waals surface area contributed by atoms with Gasteiger partial charge in [0.2, 0.25) is 0 Å². The van der Waals surface area contributed by atoms with Crippen LogP contribution in [0.15, 0.2) is 41.8 Å². The predicted molar refractivity (Wildman–Crippen MR) is 93.4 cm³/mol. The van der Waals surface area contributed by atoms with E-state index < -0.39 is 0 Å². The number of rotatable bonds is 5. The molecule has 1 atom stereocenters. The minimum atomic E-state index is 0.463. The van der Waals surface area contributed by atoms with Gasteiger partial charge in [0.1, 0.15) is 0 Å². The molecule has 3 heteroatoms. The highest BCUT2D eigenvalue weighted by Gasteiger charge is 2.27. The van der Waals surface area contributed by atoms with Crippen molar-refractivity contribution in [1.29, 1.82) is 0 Å². The molecule has 1 N–H and O–H groups in total. The second-order valence-corrected chi connectivity index (χ2v) is 7.11. The molecule has 1 fully saturated rings. The second kappa shape index (κ2) is 6.52. The summed E-state index contributed by atoms with van der Waals surface area (Å²) in [6.45, 7) is 0. The first-order valence-electron chi connectivity index (χ1n) is 7.81. The van der Waals surface area contributed by atoms with Gasteiger partial charge in [0.05, 0.1) is 6.04 Å². The van der Waals surface area contributed by atoms with Crippen LogP contribution in [0.25, 0.3) is 0 Å². The summed E-state index contributed by atoms with van der Waals surface area (Å²) in [6.07, 6.45) is 5.46. The van der Waals surface area contributed by atoms with Crippen LogP contribution in [-0.4, -0.2) is 14.1 Å². The zero-order chi connectivity index (χ0) is 14.7. The number of thiophene rings is 1. The lowest BCUT2D eigenvalue weighted by Gasteiger charge is -2.25. The van der Waals surface area contributed by atoms with Gasteiger partial charge in [-0.3, -0.25) is 0 Å². The molecular weight excluding hydrogens is 276 g/mol. The van der Waals surface area contributed by atoms with E-state index in [2.05, 4.69) is 66.1 Å². The summed E-state index contributed by atoms with van der Waals surface area (Å²) in [5.41, 5.74) is 2.47. The zero-order valence-corrected chi connectivity index (χ0v) is 13.7. The van der Waals surface area contributed by atoms with Crippen molar-refractivity contribution in [3.63, 3.8) is 0 Å². The summed E-state index contributed by atoms with van der Waals surface area (Å²) in [7, 11) is 4.18. The van der Waals surface area contributed by atoms with Gasteiger partial charge in [-0.1, -0.05) is 25.0 Å². The molecule has 1 aromatic carbocycles. The molecule has 2 aromatic rings. The Kier molecular flexibility index (Phi) is 4.49. The first-order valence-corrected chi connectivity index (χ1v) is 8.69. The Hall–Kier alpha value is -1.48. The topological polar surface area (TPSA) is 15.3 Å². The van der Waals surface area contributed by atoms with Crippen LogP contribution in [0, 0.1) is 5.92 Å². The molecule has 112 valence electrons. The molecule has 1 unspecified atom stereocenters. The molecule has 0 saturated heterocycles. The number of nitrogens with one attached hydrogen (secondary N) is 1. The molecule has 0 aliphatic heterocycles. The molecule has 1 aromatic heterocycles. The Morgan fingerprint density at radius 2 is 1.95 bits per heavy atom. The molecule has 0 amide bonds. The van der Waals surface area contributed by atoms with Crippen molar-refractivity contribution in [2.75, 3.05) is 24.3 Å². The van der Waals surface area contributed by atoms with Gasteiger partial charge in [-0.25, -0.2) is 0 Å². The quantitative estimate of drug-likeness (QED) is 0.820. The number of hydrogen-bond donors (Lipinski definition) is 1. The first kappa shape index (κ1) is 14.5. The Morgan fingerprint density at radius 1 is 1.14 bits per heavy atom. The fourth-order valence-electron chi connectivity index (χ4n) is 3.23. The third-order valence-corrected chi connectivity index (χ3v) is 5.36. The van der Waals surface area contributed by atoms with Crippen LogP contribution >= 0.6 is 11.3 Å². The highest BCUT2D eigenvalue weighted by molar-refractivity contribution is 7.10. The molecule has 0 spiro atoms. The summed E-state index contributed by atoms with van der Waals surface area (Å²) < 4.78 is 0. The molecule has 0 bridgehead atoms. The lowest BCUT2D eigenvalue weighted by molar-refractivity contribution is 0.475. The molecule has 3 rings (SSSR count). The fourth-order valence-corrected chi connectivity index (χ4v) is 4.10. The Bertz CT molecular complexity index is 556. The summed E-state index contributed by atoms with van der Waals surface area (Å²) in [5.74, 6) is 0.770. The fraction of sp³-hybridized carbons (Fsp3) is 0.444.